The lowest BCUT2D eigenvalue weighted by atomic mass is 9.99. The molecule has 1 unspecified atom stereocenters. The van der Waals surface area contributed by atoms with Crippen molar-refractivity contribution in [2.24, 2.45) is 0 Å². The number of amides is 1. The van der Waals surface area contributed by atoms with Crippen LogP contribution in [0.2, 0.25) is 0 Å². The Labute approximate surface area is 225 Å². The van der Waals surface area contributed by atoms with Crippen molar-refractivity contribution in [3.63, 3.8) is 0 Å². The van der Waals surface area contributed by atoms with Gasteiger partial charge in [0.05, 0.1) is 21.1 Å². The molecule has 1 atom stereocenters. The molecule has 0 radical (unpaired) electrons. The fraction of sp³-hybridized carbons (Fsp3) is 0.360. The Morgan fingerprint density at radius 2 is 1.73 bits per heavy atom. The SMILES string of the molecule is Cc1cc(C2(C(F)(F)F)CC2)nc(C)c1Oc1nnc(C(F)(F)F)c(C)c1C(=O)Nc1cccc(S(C)(=N)=O)c1. The molecule has 0 saturated heterocycles. The number of pyridine rings is 1. The molecule has 40 heavy (non-hydrogen) atoms. The molecule has 0 bridgehead atoms. The van der Waals surface area contributed by atoms with Gasteiger partial charge in [0.15, 0.2) is 11.4 Å². The van der Waals surface area contributed by atoms with Crippen LogP contribution in [0.25, 0.3) is 0 Å². The molecule has 15 heteroatoms. The molecule has 2 aromatic heterocycles. The molecule has 1 fully saturated rings. The summed E-state index contributed by atoms with van der Waals surface area (Å²) in [7, 11) is -3.16. The van der Waals surface area contributed by atoms with E-state index in [1.807, 2.05) is 0 Å². The maximum atomic E-state index is 13.6. The molecule has 2 N–H and O–H groups in total. The van der Waals surface area contributed by atoms with Crippen LogP contribution < -0.4 is 10.1 Å². The summed E-state index contributed by atoms with van der Waals surface area (Å²) in [4.78, 5) is 17.4. The number of rotatable bonds is 6. The first-order chi connectivity index (χ1) is 18.3. The maximum Gasteiger partial charge on any atom is 0.435 e. The summed E-state index contributed by atoms with van der Waals surface area (Å²) in [5.74, 6) is -1.80. The molecule has 1 aliphatic carbocycles. The van der Waals surface area contributed by atoms with Gasteiger partial charge in [-0.1, -0.05) is 6.07 Å². The van der Waals surface area contributed by atoms with Crippen molar-refractivity contribution in [1.29, 1.82) is 4.78 Å². The summed E-state index contributed by atoms with van der Waals surface area (Å²) < 4.78 is 107. The van der Waals surface area contributed by atoms with Crippen LogP contribution in [0.5, 0.6) is 11.6 Å². The summed E-state index contributed by atoms with van der Waals surface area (Å²) >= 11 is 0. The second kappa shape index (κ2) is 9.71. The summed E-state index contributed by atoms with van der Waals surface area (Å²) in [6.07, 6.45) is -8.55. The van der Waals surface area contributed by atoms with Gasteiger partial charge in [-0.05, 0) is 69.0 Å². The maximum absolute atomic E-state index is 13.6. The predicted molar refractivity (Wildman–Crippen MR) is 132 cm³/mol. The highest BCUT2D eigenvalue weighted by molar-refractivity contribution is 7.91. The summed E-state index contributed by atoms with van der Waals surface area (Å²) in [6, 6.07) is 6.63. The molecule has 1 aromatic carbocycles. The molecule has 3 aromatic rings. The summed E-state index contributed by atoms with van der Waals surface area (Å²) in [5, 5.41) is 9.07. The number of ether oxygens (including phenoxy) is 1. The number of anilines is 1. The Balaban J connectivity index is 1.77. The van der Waals surface area contributed by atoms with Crippen LogP contribution in [0.1, 0.15) is 51.4 Å². The number of nitrogens with one attached hydrogen (secondary N) is 2. The largest absolute Gasteiger partial charge is 0.435 e. The zero-order valence-electron chi connectivity index (χ0n) is 21.5. The standard InChI is InChI=1S/C25H23F6N5O3S/c1-12-10-17(23(8-9-23)25(29,30)31)33-14(3)19(12)39-22-18(13(2)20(35-36-22)24(26,27)28)21(37)34-15-6-5-7-16(11-15)40(4,32)38/h5-7,10-11,32H,8-9H2,1-4H3,(H,34,37). The van der Waals surface area contributed by atoms with Crippen molar-refractivity contribution in [3.8, 4) is 11.6 Å². The minimum absolute atomic E-state index is 0.0112. The fourth-order valence-corrected chi connectivity index (χ4v) is 4.93. The lowest BCUT2D eigenvalue weighted by molar-refractivity contribution is -0.161. The highest BCUT2D eigenvalue weighted by Crippen LogP contribution is 2.58. The highest BCUT2D eigenvalue weighted by atomic mass is 32.2. The van der Waals surface area contributed by atoms with E-state index in [1.165, 1.54) is 44.2 Å². The van der Waals surface area contributed by atoms with E-state index < -0.39 is 56.1 Å². The lowest BCUT2D eigenvalue weighted by Gasteiger charge is -2.21. The van der Waals surface area contributed by atoms with Gasteiger partial charge in [-0.25, -0.2) is 8.99 Å². The van der Waals surface area contributed by atoms with E-state index in [9.17, 15) is 35.3 Å². The van der Waals surface area contributed by atoms with Gasteiger partial charge >= 0.3 is 12.4 Å². The third-order valence-electron chi connectivity index (χ3n) is 6.53. The molecule has 2 heterocycles. The zero-order valence-corrected chi connectivity index (χ0v) is 22.4. The quantitative estimate of drug-likeness (QED) is 0.319. The van der Waals surface area contributed by atoms with Gasteiger partial charge in [-0.15, -0.1) is 10.2 Å². The second-order valence-electron chi connectivity index (χ2n) is 9.60. The van der Waals surface area contributed by atoms with E-state index in [1.54, 1.807) is 0 Å². The first-order valence-electron chi connectivity index (χ1n) is 11.7. The number of aryl methyl sites for hydroxylation is 2. The Morgan fingerprint density at radius 3 is 2.25 bits per heavy atom. The van der Waals surface area contributed by atoms with Crippen molar-refractivity contribution in [1.82, 2.24) is 15.2 Å². The first kappa shape index (κ1) is 29.2. The van der Waals surface area contributed by atoms with Crippen LogP contribution >= 0.6 is 0 Å². The van der Waals surface area contributed by atoms with Gasteiger partial charge in [0.25, 0.3) is 11.8 Å². The fourth-order valence-electron chi connectivity index (χ4n) is 4.24. The van der Waals surface area contributed by atoms with Gasteiger partial charge in [0.2, 0.25) is 0 Å². The van der Waals surface area contributed by atoms with Crippen LogP contribution in [0.4, 0.5) is 32.0 Å². The molecule has 1 saturated carbocycles. The van der Waals surface area contributed by atoms with Crippen molar-refractivity contribution in [2.45, 2.75) is 56.3 Å². The van der Waals surface area contributed by atoms with Gasteiger partial charge in [-0.2, -0.15) is 26.3 Å². The molecule has 1 amide bonds. The van der Waals surface area contributed by atoms with Crippen molar-refractivity contribution in [2.75, 3.05) is 11.6 Å². The zero-order chi connectivity index (χ0) is 29.8. The summed E-state index contributed by atoms with van der Waals surface area (Å²) in [6.45, 7) is 3.81. The van der Waals surface area contributed by atoms with Crippen molar-refractivity contribution in [3.05, 3.63) is 64.1 Å². The minimum Gasteiger partial charge on any atom is -0.435 e. The van der Waals surface area contributed by atoms with Crippen LogP contribution in [0.15, 0.2) is 35.2 Å². The van der Waals surface area contributed by atoms with Crippen LogP contribution in [0, 0.1) is 25.6 Å². The average Bonchev–Trinajstić information content (AvgIpc) is 3.62. The van der Waals surface area contributed by atoms with Crippen LogP contribution in [0.3, 0.4) is 0 Å². The number of nitrogens with zero attached hydrogens (tertiary/aromatic N) is 3. The Bertz CT molecular complexity index is 1590. The number of hydrogen-bond donors (Lipinski definition) is 2. The Hall–Kier alpha value is -3.75. The number of alkyl halides is 6. The molecule has 1 aliphatic rings. The number of hydrogen-bond acceptors (Lipinski definition) is 7. The third kappa shape index (κ3) is 5.46. The smallest absolute Gasteiger partial charge is 0.435 e. The Morgan fingerprint density at radius 1 is 1.07 bits per heavy atom. The molecule has 8 nitrogen and oxygen atoms in total. The minimum atomic E-state index is -4.96. The third-order valence-corrected chi connectivity index (χ3v) is 7.69. The van der Waals surface area contributed by atoms with Crippen molar-refractivity contribution < 1.29 is 40.1 Å². The van der Waals surface area contributed by atoms with E-state index in [4.69, 9.17) is 9.52 Å². The van der Waals surface area contributed by atoms with Gasteiger partial charge < -0.3 is 10.1 Å². The Kier molecular flexibility index (Phi) is 7.10. The highest BCUT2D eigenvalue weighted by Gasteiger charge is 2.65. The summed E-state index contributed by atoms with van der Waals surface area (Å²) in [5.41, 5.74) is -4.69. The van der Waals surface area contributed by atoms with Crippen LogP contribution in [-0.4, -0.2) is 37.7 Å². The van der Waals surface area contributed by atoms with E-state index in [-0.39, 0.29) is 46.1 Å². The van der Waals surface area contributed by atoms with Gasteiger partial charge in [0.1, 0.15) is 11.0 Å². The average molecular weight is 588 g/mol. The molecule has 0 spiro atoms. The normalized spacial score (nSPS) is 16.2. The second-order valence-corrected chi connectivity index (χ2v) is 11.8. The van der Waals surface area contributed by atoms with E-state index in [0.717, 1.165) is 13.2 Å². The monoisotopic (exact) mass is 587 g/mol. The van der Waals surface area contributed by atoms with E-state index in [0.29, 0.717) is 0 Å². The number of carbonyl (C=O) groups is 1. The number of aromatic nitrogens is 3. The van der Waals surface area contributed by atoms with E-state index >= 15 is 0 Å². The van der Waals surface area contributed by atoms with Gasteiger partial charge in [0, 0.05) is 16.8 Å². The first-order valence-corrected chi connectivity index (χ1v) is 13.6. The number of halogens is 6. The van der Waals surface area contributed by atoms with Gasteiger partial charge in [-0.3, -0.25) is 9.78 Å². The number of benzene rings is 1. The van der Waals surface area contributed by atoms with Crippen LogP contribution in [-0.2, 0) is 21.3 Å². The molecular formula is C25H23F6N5O3S. The molecule has 214 valence electrons. The topological polar surface area (TPSA) is 118 Å². The molecule has 0 aliphatic heterocycles. The molecular weight excluding hydrogens is 564 g/mol. The predicted octanol–water partition coefficient (Wildman–Crippen LogP) is 6.49. The molecule has 4 rings (SSSR count). The van der Waals surface area contributed by atoms with Crippen molar-refractivity contribution >= 4 is 21.3 Å². The van der Waals surface area contributed by atoms with E-state index in [2.05, 4.69) is 20.5 Å². The lowest BCUT2D eigenvalue weighted by Crippen LogP contribution is -2.30. The number of carbonyl (C=O) groups excluding carboxylic acids is 1.